The van der Waals surface area contributed by atoms with Crippen molar-refractivity contribution in [2.75, 3.05) is 13.2 Å². The fraction of sp³-hybridized carbons (Fsp3) is 0.375. The molecule has 1 saturated carbocycles. The van der Waals surface area contributed by atoms with E-state index in [0.717, 1.165) is 22.5 Å². The van der Waals surface area contributed by atoms with Gasteiger partial charge in [-0.05, 0) is 31.0 Å². The van der Waals surface area contributed by atoms with Gasteiger partial charge in [-0.15, -0.1) is 0 Å². The fourth-order valence-electron chi connectivity index (χ4n) is 2.53. The molecule has 11 heteroatoms. The van der Waals surface area contributed by atoms with Crippen molar-refractivity contribution in [2.24, 2.45) is 0 Å². The van der Waals surface area contributed by atoms with Crippen LogP contribution in [-0.2, 0) is 16.2 Å². The van der Waals surface area contributed by atoms with Gasteiger partial charge in [0.15, 0.2) is 0 Å². The maximum Gasteiger partial charge on any atom is 0.417 e. The summed E-state index contributed by atoms with van der Waals surface area (Å²) in [6.07, 6.45) is -2.23. The van der Waals surface area contributed by atoms with E-state index in [1.165, 1.54) is 18.3 Å². The quantitative estimate of drug-likeness (QED) is 0.641. The molecule has 0 spiro atoms. The standard InChI is InChI=1S/C16H15ClF3N3O3S/c17-14-7-8-21-15(22-14)26-10-9-23(11-5-6-11)27(24,25)13-4-2-1-3-12(13)16(18,19)20/h1-4,7-8,11H,5-6,9-10H2. The Morgan fingerprint density at radius 2 is 1.93 bits per heavy atom. The summed E-state index contributed by atoms with van der Waals surface area (Å²) in [6.45, 7) is -0.251. The van der Waals surface area contributed by atoms with E-state index in [-0.39, 0.29) is 30.4 Å². The molecule has 1 heterocycles. The van der Waals surface area contributed by atoms with Crippen molar-refractivity contribution in [1.29, 1.82) is 0 Å². The zero-order valence-electron chi connectivity index (χ0n) is 13.9. The second-order valence-electron chi connectivity index (χ2n) is 5.85. The van der Waals surface area contributed by atoms with Crippen LogP contribution in [0.4, 0.5) is 13.2 Å². The maximum atomic E-state index is 13.2. The molecule has 0 radical (unpaired) electrons. The number of rotatable bonds is 7. The minimum Gasteiger partial charge on any atom is -0.462 e. The highest BCUT2D eigenvalue weighted by molar-refractivity contribution is 7.89. The molecular weight excluding hydrogens is 407 g/mol. The van der Waals surface area contributed by atoms with Crippen LogP contribution in [0.25, 0.3) is 0 Å². The van der Waals surface area contributed by atoms with Crippen molar-refractivity contribution < 1.29 is 26.3 Å². The summed E-state index contributed by atoms with van der Waals surface area (Å²) >= 11 is 5.72. The Labute approximate surface area is 159 Å². The lowest BCUT2D eigenvalue weighted by Gasteiger charge is -2.23. The molecule has 0 N–H and O–H groups in total. The predicted octanol–water partition coefficient (Wildman–Crippen LogP) is 3.38. The van der Waals surface area contributed by atoms with E-state index in [1.807, 2.05) is 0 Å². The highest BCUT2D eigenvalue weighted by atomic mass is 35.5. The van der Waals surface area contributed by atoms with Gasteiger partial charge in [0.05, 0.1) is 10.5 Å². The first-order chi connectivity index (χ1) is 12.7. The van der Waals surface area contributed by atoms with Crippen LogP contribution in [0.5, 0.6) is 6.01 Å². The number of alkyl halides is 3. The number of sulfonamides is 1. The Morgan fingerprint density at radius 1 is 1.22 bits per heavy atom. The number of nitrogens with zero attached hydrogens (tertiary/aromatic N) is 3. The van der Waals surface area contributed by atoms with Crippen molar-refractivity contribution in [3.63, 3.8) is 0 Å². The lowest BCUT2D eigenvalue weighted by atomic mass is 10.2. The number of halogens is 4. The molecule has 0 unspecified atom stereocenters. The molecular formula is C16H15ClF3N3O3S. The summed E-state index contributed by atoms with van der Waals surface area (Å²) in [5, 5.41) is 0.158. The van der Waals surface area contributed by atoms with E-state index in [1.54, 1.807) is 0 Å². The van der Waals surface area contributed by atoms with Gasteiger partial charge in [0.25, 0.3) is 0 Å². The summed E-state index contributed by atoms with van der Waals surface area (Å²) < 4.78 is 71.8. The van der Waals surface area contributed by atoms with Gasteiger partial charge in [0.2, 0.25) is 10.0 Å². The molecule has 0 amide bonds. The molecule has 27 heavy (non-hydrogen) atoms. The van der Waals surface area contributed by atoms with Crippen LogP contribution in [0.2, 0.25) is 5.15 Å². The van der Waals surface area contributed by atoms with E-state index >= 15 is 0 Å². The van der Waals surface area contributed by atoms with Gasteiger partial charge >= 0.3 is 12.2 Å². The van der Waals surface area contributed by atoms with E-state index in [2.05, 4.69) is 9.97 Å². The zero-order valence-corrected chi connectivity index (χ0v) is 15.4. The zero-order chi connectivity index (χ0) is 19.7. The summed E-state index contributed by atoms with van der Waals surface area (Å²) in [5.41, 5.74) is -1.19. The van der Waals surface area contributed by atoms with Crippen molar-refractivity contribution in [3.8, 4) is 6.01 Å². The summed E-state index contributed by atoms with van der Waals surface area (Å²) in [5.74, 6) is 0. The molecule has 1 aromatic carbocycles. The normalized spacial score (nSPS) is 15.1. The monoisotopic (exact) mass is 421 g/mol. The van der Waals surface area contributed by atoms with Gasteiger partial charge in [-0.25, -0.2) is 13.4 Å². The Balaban J connectivity index is 1.80. The first-order valence-corrected chi connectivity index (χ1v) is 9.81. The van der Waals surface area contributed by atoms with Gasteiger partial charge in [-0.1, -0.05) is 23.7 Å². The third-order valence-electron chi connectivity index (χ3n) is 3.88. The molecule has 0 atom stereocenters. The van der Waals surface area contributed by atoms with E-state index < -0.39 is 26.7 Å². The summed E-state index contributed by atoms with van der Waals surface area (Å²) in [6, 6.07) is 5.21. The van der Waals surface area contributed by atoms with E-state index in [9.17, 15) is 21.6 Å². The van der Waals surface area contributed by atoms with Gasteiger partial charge in [0.1, 0.15) is 11.8 Å². The van der Waals surface area contributed by atoms with Crippen molar-refractivity contribution in [1.82, 2.24) is 14.3 Å². The molecule has 1 fully saturated rings. The topological polar surface area (TPSA) is 72.4 Å². The van der Waals surface area contributed by atoms with Gasteiger partial charge < -0.3 is 4.74 Å². The smallest absolute Gasteiger partial charge is 0.417 e. The average Bonchev–Trinajstić information content (AvgIpc) is 3.42. The van der Waals surface area contributed by atoms with Crippen LogP contribution < -0.4 is 4.74 Å². The Morgan fingerprint density at radius 3 is 2.56 bits per heavy atom. The van der Waals surface area contributed by atoms with Crippen LogP contribution in [0.1, 0.15) is 18.4 Å². The molecule has 3 rings (SSSR count). The number of hydrogen-bond acceptors (Lipinski definition) is 5. The number of benzene rings is 1. The molecule has 1 aromatic heterocycles. The molecule has 2 aromatic rings. The molecule has 1 aliphatic carbocycles. The molecule has 1 aliphatic rings. The van der Waals surface area contributed by atoms with E-state index in [0.29, 0.717) is 12.8 Å². The first kappa shape index (κ1) is 19.8. The largest absolute Gasteiger partial charge is 0.462 e. The molecule has 0 bridgehead atoms. The maximum absolute atomic E-state index is 13.2. The highest BCUT2D eigenvalue weighted by Gasteiger charge is 2.43. The second kappa shape index (κ2) is 7.61. The minimum atomic E-state index is -4.77. The van der Waals surface area contributed by atoms with E-state index in [4.69, 9.17) is 16.3 Å². The van der Waals surface area contributed by atoms with Gasteiger partial charge in [0, 0.05) is 18.8 Å². The van der Waals surface area contributed by atoms with Crippen LogP contribution in [0, 0.1) is 0 Å². The molecule has 6 nitrogen and oxygen atoms in total. The fourth-order valence-corrected chi connectivity index (χ4v) is 4.54. The number of ether oxygens (including phenoxy) is 1. The lowest BCUT2D eigenvalue weighted by molar-refractivity contribution is -0.139. The molecule has 146 valence electrons. The van der Waals surface area contributed by atoms with Gasteiger partial charge in [-0.2, -0.15) is 22.5 Å². The Bertz CT molecular complexity index is 920. The average molecular weight is 422 g/mol. The summed E-state index contributed by atoms with van der Waals surface area (Å²) in [7, 11) is -4.35. The minimum absolute atomic E-state index is 0.0358. The summed E-state index contributed by atoms with van der Waals surface area (Å²) in [4.78, 5) is 6.88. The number of hydrogen-bond donors (Lipinski definition) is 0. The van der Waals surface area contributed by atoms with Crippen molar-refractivity contribution in [3.05, 3.63) is 47.2 Å². The third kappa shape index (κ3) is 4.69. The van der Waals surface area contributed by atoms with Gasteiger partial charge in [-0.3, -0.25) is 0 Å². The Hall–Kier alpha value is -1.91. The molecule has 0 saturated heterocycles. The predicted molar refractivity (Wildman–Crippen MR) is 90.9 cm³/mol. The second-order valence-corrected chi connectivity index (χ2v) is 8.10. The van der Waals surface area contributed by atoms with Crippen LogP contribution in [0.15, 0.2) is 41.4 Å². The number of aromatic nitrogens is 2. The lowest BCUT2D eigenvalue weighted by Crippen LogP contribution is -2.37. The highest BCUT2D eigenvalue weighted by Crippen LogP contribution is 2.38. The first-order valence-electron chi connectivity index (χ1n) is 7.99. The van der Waals surface area contributed by atoms with Crippen molar-refractivity contribution >= 4 is 21.6 Å². The Kier molecular flexibility index (Phi) is 5.59. The van der Waals surface area contributed by atoms with Crippen LogP contribution in [0.3, 0.4) is 0 Å². The third-order valence-corrected chi connectivity index (χ3v) is 6.10. The van der Waals surface area contributed by atoms with Crippen LogP contribution >= 0.6 is 11.6 Å². The SMILES string of the molecule is O=S(=O)(c1ccccc1C(F)(F)F)N(CCOc1nccc(Cl)n1)C1CC1. The molecule has 0 aliphatic heterocycles. The van der Waals surface area contributed by atoms with Crippen LogP contribution in [-0.4, -0.2) is 41.9 Å². The van der Waals surface area contributed by atoms with Crippen molar-refractivity contribution in [2.45, 2.75) is 30.0 Å².